The number of aryl methyl sites for hydroxylation is 1. The largest absolute Gasteiger partial charge is 0.362 e. The standard InChI is InChI=1S/C16H18N4O4/c1-5-7-19(8-6-2)14-10(3)11(20(23)24)9-12-13(14)17-15(21)16(22)18(12)4/h5-6,9H,1-2,7-8H2,3-4H3,(H,17,21). The Hall–Kier alpha value is -3.16. The van der Waals surface area contributed by atoms with Gasteiger partial charge in [0.2, 0.25) is 0 Å². The number of nitrogens with zero attached hydrogens (tertiary/aromatic N) is 3. The number of anilines is 1. The number of benzene rings is 1. The molecule has 0 spiro atoms. The van der Waals surface area contributed by atoms with Crippen LogP contribution in [0.1, 0.15) is 5.56 Å². The van der Waals surface area contributed by atoms with Crippen LogP contribution in [0.25, 0.3) is 11.0 Å². The highest BCUT2D eigenvalue weighted by atomic mass is 16.6. The average molecular weight is 330 g/mol. The Morgan fingerprint density at radius 1 is 1.33 bits per heavy atom. The molecule has 126 valence electrons. The Morgan fingerprint density at radius 3 is 2.42 bits per heavy atom. The summed E-state index contributed by atoms with van der Waals surface area (Å²) < 4.78 is 1.12. The molecule has 0 amide bonds. The zero-order valence-electron chi connectivity index (χ0n) is 13.5. The van der Waals surface area contributed by atoms with Gasteiger partial charge in [0.25, 0.3) is 5.69 Å². The molecule has 0 aliphatic rings. The summed E-state index contributed by atoms with van der Waals surface area (Å²) in [4.78, 5) is 39.0. The fourth-order valence-electron chi connectivity index (χ4n) is 2.71. The molecular formula is C16H18N4O4. The van der Waals surface area contributed by atoms with Crippen molar-refractivity contribution < 1.29 is 4.92 Å². The molecule has 8 nitrogen and oxygen atoms in total. The Bertz CT molecular complexity index is 945. The molecule has 0 atom stereocenters. The first-order chi connectivity index (χ1) is 11.3. The molecule has 1 heterocycles. The first kappa shape index (κ1) is 17.2. The zero-order valence-corrected chi connectivity index (χ0v) is 13.5. The number of aromatic amines is 1. The predicted molar refractivity (Wildman–Crippen MR) is 93.8 cm³/mol. The lowest BCUT2D eigenvalue weighted by atomic mass is 10.1. The maximum atomic E-state index is 11.9. The molecule has 0 bridgehead atoms. The molecule has 2 aromatic rings. The van der Waals surface area contributed by atoms with Crippen molar-refractivity contribution in [2.45, 2.75) is 6.92 Å². The number of fused-ring (bicyclic) bond motifs is 1. The Balaban J connectivity index is 3.03. The second-order valence-corrected chi connectivity index (χ2v) is 5.32. The second-order valence-electron chi connectivity index (χ2n) is 5.32. The Kier molecular flexibility index (Phi) is 4.68. The van der Waals surface area contributed by atoms with Crippen LogP contribution in [0.15, 0.2) is 41.0 Å². The van der Waals surface area contributed by atoms with Crippen molar-refractivity contribution >= 4 is 22.4 Å². The quantitative estimate of drug-likeness (QED) is 0.375. The van der Waals surface area contributed by atoms with Crippen molar-refractivity contribution in [3.05, 3.63) is 67.8 Å². The van der Waals surface area contributed by atoms with Crippen LogP contribution in [0.2, 0.25) is 0 Å². The summed E-state index contributed by atoms with van der Waals surface area (Å²) in [5.74, 6) is 0. The number of nitro groups is 1. The number of H-pyrrole nitrogens is 1. The van der Waals surface area contributed by atoms with Crippen LogP contribution in [-0.4, -0.2) is 27.6 Å². The summed E-state index contributed by atoms with van der Waals surface area (Å²) in [7, 11) is 1.41. The second kappa shape index (κ2) is 6.53. The minimum absolute atomic E-state index is 0.127. The van der Waals surface area contributed by atoms with Crippen molar-refractivity contribution in [1.29, 1.82) is 0 Å². The summed E-state index contributed by atoms with van der Waals surface area (Å²) in [5, 5.41) is 11.4. The molecule has 0 saturated carbocycles. The topological polar surface area (TPSA) is 101 Å². The van der Waals surface area contributed by atoms with Crippen LogP contribution < -0.4 is 16.0 Å². The third-order valence-electron chi connectivity index (χ3n) is 3.82. The van der Waals surface area contributed by atoms with Gasteiger partial charge in [-0.3, -0.25) is 19.7 Å². The van der Waals surface area contributed by atoms with Crippen LogP contribution in [-0.2, 0) is 7.05 Å². The summed E-state index contributed by atoms with van der Waals surface area (Å²) in [6.45, 7) is 9.78. The van der Waals surface area contributed by atoms with Gasteiger partial charge in [-0.15, -0.1) is 13.2 Å². The first-order valence-electron chi connectivity index (χ1n) is 7.21. The van der Waals surface area contributed by atoms with E-state index in [9.17, 15) is 19.7 Å². The number of nitro benzene ring substituents is 1. The SMILES string of the molecule is C=CCN(CC=C)c1c(C)c([N+](=O)[O-])cc2c1[nH]c(=O)c(=O)n2C. The van der Waals surface area contributed by atoms with Gasteiger partial charge in [-0.1, -0.05) is 12.2 Å². The minimum atomic E-state index is -0.781. The van der Waals surface area contributed by atoms with Crippen LogP contribution in [0.4, 0.5) is 11.4 Å². The van der Waals surface area contributed by atoms with Gasteiger partial charge in [0.1, 0.15) is 0 Å². The highest BCUT2D eigenvalue weighted by Crippen LogP contribution is 2.34. The number of hydrogen-bond acceptors (Lipinski definition) is 5. The monoisotopic (exact) mass is 330 g/mol. The molecule has 24 heavy (non-hydrogen) atoms. The third kappa shape index (κ3) is 2.73. The molecule has 0 fully saturated rings. The van der Waals surface area contributed by atoms with Gasteiger partial charge in [-0.05, 0) is 6.92 Å². The van der Waals surface area contributed by atoms with Gasteiger partial charge < -0.3 is 14.5 Å². The Morgan fingerprint density at radius 2 is 1.92 bits per heavy atom. The number of nitrogens with one attached hydrogen (secondary N) is 1. The fourth-order valence-corrected chi connectivity index (χ4v) is 2.71. The molecule has 1 aromatic carbocycles. The minimum Gasteiger partial charge on any atom is -0.362 e. The molecule has 1 N–H and O–H groups in total. The summed E-state index contributed by atoms with van der Waals surface area (Å²) in [6, 6.07) is 1.30. The third-order valence-corrected chi connectivity index (χ3v) is 3.82. The fraction of sp³-hybridized carbons (Fsp3) is 0.250. The van der Waals surface area contributed by atoms with Gasteiger partial charge in [0, 0.05) is 26.2 Å². The molecule has 8 heteroatoms. The van der Waals surface area contributed by atoms with Crippen LogP contribution >= 0.6 is 0 Å². The Labute approximate surface area is 137 Å². The molecule has 0 aliphatic carbocycles. The zero-order chi connectivity index (χ0) is 18.0. The van der Waals surface area contributed by atoms with Crippen molar-refractivity contribution in [1.82, 2.24) is 9.55 Å². The number of hydrogen-bond donors (Lipinski definition) is 1. The highest BCUT2D eigenvalue weighted by Gasteiger charge is 2.23. The van der Waals surface area contributed by atoms with Crippen LogP contribution in [0, 0.1) is 17.0 Å². The van der Waals surface area contributed by atoms with E-state index in [2.05, 4.69) is 18.1 Å². The van der Waals surface area contributed by atoms with Crippen molar-refractivity contribution in [3.63, 3.8) is 0 Å². The molecule has 0 radical (unpaired) electrons. The lowest BCUT2D eigenvalue weighted by Gasteiger charge is -2.25. The smallest absolute Gasteiger partial charge is 0.316 e. The lowest BCUT2D eigenvalue weighted by Crippen LogP contribution is -2.36. The van der Waals surface area contributed by atoms with Gasteiger partial charge >= 0.3 is 11.1 Å². The normalized spacial score (nSPS) is 10.6. The summed E-state index contributed by atoms with van der Waals surface area (Å²) >= 11 is 0. The predicted octanol–water partition coefficient (Wildman–Crippen LogP) is 1.62. The van der Waals surface area contributed by atoms with E-state index in [1.165, 1.54) is 13.1 Å². The first-order valence-corrected chi connectivity index (χ1v) is 7.21. The van der Waals surface area contributed by atoms with E-state index in [4.69, 9.17) is 0 Å². The van der Waals surface area contributed by atoms with Crippen LogP contribution in [0.5, 0.6) is 0 Å². The highest BCUT2D eigenvalue weighted by molar-refractivity contribution is 5.93. The molecule has 2 rings (SSSR count). The van der Waals surface area contributed by atoms with E-state index < -0.39 is 16.0 Å². The maximum absolute atomic E-state index is 11.9. The van der Waals surface area contributed by atoms with Crippen molar-refractivity contribution in [2.24, 2.45) is 7.05 Å². The number of aromatic nitrogens is 2. The van der Waals surface area contributed by atoms with Crippen molar-refractivity contribution in [2.75, 3.05) is 18.0 Å². The van der Waals surface area contributed by atoms with E-state index in [1.807, 2.05) is 0 Å². The van der Waals surface area contributed by atoms with E-state index in [-0.39, 0.29) is 11.2 Å². The van der Waals surface area contributed by atoms with E-state index >= 15 is 0 Å². The lowest BCUT2D eigenvalue weighted by molar-refractivity contribution is -0.385. The number of rotatable bonds is 6. The summed E-state index contributed by atoms with van der Waals surface area (Å²) in [6.07, 6.45) is 3.29. The van der Waals surface area contributed by atoms with E-state index in [1.54, 1.807) is 24.0 Å². The molecular weight excluding hydrogens is 312 g/mol. The molecule has 0 aliphatic heterocycles. The molecule has 0 unspecified atom stereocenters. The van der Waals surface area contributed by atoms with Gasteiger partial charge in [0.15, 0.2) is 0 Å². The van der Waals surface area contributed by atoms with E-state index in [0.717, 1.165) is 4.57 Å². The van der Waals surface area contributed by atoms with Crippen molar-refractivity contribution in [3.8, 4) is 0 Å². The molecule has 1 aromatic heterocycles. The van der Waals surface area contributed by atoms with Gasteiger partial charge in [-0.25, -0.2) is 0 Å². The maximum Gasteiger partial charge on any atom is 0.316 e. The van der Waals surface area contributed by atoms with Gasteiger partial charge in [0.05, 0.1) is 27.2 Å². The van der Waals surface area contributed by atoms with Gasteiger partial charge in [-0.2, -0.15) is 0 Å². The molecule has 0 saturated heterocycles. The average Bonchev–Trinajstić information content (AvgIpc) is 2.52. The van der Waals surface area contributed by atoms with Crippen LogP contribution in [0.3, 0.4) is 0 Å². The summed E-state index contributed by atoms with van der Waals surface area (Å²) in [5.41, 5.74) is -0.156. The van der Waals surface area contributed by atoms with E-state index in [0.29, 0.717) is 29.9 Å².